The predicted octanol–water partition coefficient (Wildman–Crippen LogP) is 6.17. The average Bonchev–Trinajstić information content (AvgIpc) is 3.30. The molecular weight excluding hydrogens is 420 g/mol. The number of imidazole rings is 1. The van der Waals surface area contributed by atoms with Gasteiger partial charge in [-0.2, -0.15) is 0 Å². The monoisotopic (exact) mass is 442 g/mol. The van der Waals surface area contributed by atoms with Gasteiger partial charge >= 0.3 is 0 Å². The third kappa shape index (κ3) is 4.48. The summed E-state index contributed by atoms with van der Waals surface area (Å²) < 4.78 is 2.24. The van der Waals surface area contributed by atoms with Crippen molar-refractivity contribution >= 4 is 45.9 Å². The Labute approximate surface area is 185 Å². The molecule has 4 rings (SSSR count). The van der Waals surface area contributed by atoms with Gasteiger partial charge in [0.1, 0.15) is 17.2 Å². The molecular formula is C22H23ClN4S2. The molecule has 0 atom stereocenters. The molecule has 1 N–H and O–H groups in total. The first-order valence-corrected chi connectivity index (χ1v) is 10.7. The molecule has 0 bridgehead atoms. The Bertz CT molecular complexity index is 1200. The fourth-order valence-electron chi connectivity index (χ4n) is 2.88. The molecule has 0 amide bonds. The summed E-state index contributed by atoms with van der Waals surface area (Å²) in [6.07, 6.45) is 1.76. The number of halogens is 1. The Hall–Kier alpha value is -2.33. The van der Waals surface area contributed by atoms with E-state index in [4.69, 9.17) is 4.98 Å². The van der Waals surface area contributed by atoms with Crippen molar-refractivity contribution in [2.24, 2.45) is 0 Å². The van der Waals surface area contributed by atoms with E-state index in [2.05, 4.69) is 73.3 Å². The second kappa shape index (κ2) is 8.19. The standard InChI is InChI=1S/C22H22N4S2.ClH/c1-14-15(2)27-21-24-19(20(26(14)21)25-22(3,4)5)18-12-11-17(28-18)10-9-16-8-6-7-13-23-16;/h6-8,11-13,25H,1-5H3;1H. The fraction of sp³-hybridized carbons (Fsp3) is 0.273. The van der Waals surface area contributed by atoms with Crippen LogP contribution >= 0.6 is 35.1 Å². The minimum absolute atomic E-state index is 0. The van der Waals surface area contributed by atoms with Crippen LogP contribution in [0, 0.1) is 25.7 Å². The lowest BCUT2D eigenvalue weighted by atomic mass is 10.1. The van der Waals surface area contributed by atoms with Gasteiger partial charge in [0, 0.05) is 22.3 Å². The Morgan fingerprint density at radius 1 is 1.03 bits per heavy atom. The molecule has 29 heavy (non-hydrogen) atoms. The molecule has 7 heteroatoms. The number of fused-ring (bicyclic) bond motifs is 1. The van der Waals surface area contributed by atoms with E-state index in [1.165, 1.54) is 10.6 Å². The first-order chi connectivity index (χ1) is 13.3. The van der Waals surface area contributed by atoms with Crippen molar-refractivity contribution in [3.8, 4) is 22.4 Å². The van der Waals surface area contributed by atoms with E-state index in [0.29, 0.717) is 0 Å². The van der Waals surface area contributed by atoms with E-state index >= 15 is 0 Å². The van der Waals surface area contributed by atoms with Gasteiger partial charge in [-0.15, -0.1) is 35.1 Å². The van der Waals surface area contributed by atoms with Crippen LogP contribution < -0.4 is 5.32 Å². The second-order valence-electron chi connectivity index (χ2n) is 7.67. The molecule has 0 radical (unpaired) electrons. The number of thiazole rings is 1. The lowest BCUT2D eigenvalue weighted by Crippen LogP contribution is -2.27. The van der Waals surface area contributed by atoms with Crippen molar-refractivity contribution in [1.29, 1.82) is 0 Å². The highest BCUT2D eigenvalue weighted by Crippen LogP contribution is 2.38. The van der Waals surface area contributed by atoms with Gasteiger partial charge < -0.3 is 5.32 Å². The van der Waals surface area contributed by atoms with Crippen LogP contribution in [0.3, 0.4) is 0 Å². The van der Waals surface area contributed by atoms with Gasteiger partial charge in [-0.25, -0.2) is 9.97 Å². The van der Waals surface area contributed by atoms with Crippen LogP contribution in [0.15, 0.2) is 36.5 Å². The SMILES string of the molecule is Cc1sc2nc(-c3ccc(C#Cc4ccccn4)s3)c(NC(C)(C)C)n2c1C.Cl. The van der Waals surface area contributed by atoms with Crippen molar-refractivity contribution in [3.63, 3.8) is 0 Å². The van der Waals surface area contributed by atoms with E-state index in [0.717, 1.165) is 31.9 Å². The number of hydrogen-bond acceptors (Lipinski definition) is 5. The van der Waals surface area contributed by atoms with Crippen molar-refractivity contribution in [3.05, 3.63) is 57.7 Å². The van der Waals surface area contributed by atoms with Crippen LogP contribution in [0.1, 0.15) is 41.9 Å². The number of aryl methyl sites for hydroxylation is 2. The first-order valence-electron chi connectivity index (χ1n) is 9.12. The van der Waals surface area contributed by atoms with Crippen LogP contribution in [0.4, 0.5) is 5.82 Å². The summed E-state index contributed by atoms with van der Waals surface area (Å²) in [6, 6.07) is 9.93. The van der Waals surface area contributed by atoms with Crippen molar-refractivity contribution in [1.82, 2.24) is 14.4 Å². The third-order valence-electron chi connectivity index (χ3n) is 4.25. The lowest BCUT2D eigenvalue weighted by molar-refractivity contribution is 0.629. The summed E-state index contributed by atoms with van der Waals surface area (Å²) in [7, 11) is 0. The highest BCUT2D eigenvalue weighted by molar-refractivity contribution is 7.17. The zero-order valence-corrected chi connectivity index (χ0v) is 19.5. The maximum atomic E-state index is 4.95. The van der Waals surface area contributed by atoms with Gasteiger partial charge in [-0.3, -0.25) is 4.40 Å². The number of hydrogen-bond donors (Lipinski definition) is 1. The van der Waals surface area contributed by atoms with Gasteiger partial charge in [-0.1, -0.05) is 6.07 Å². The van der Waals surface area contributed by atoms with Gasteiger partial charge in [-0.05, 0) is 70.7 Å². The molecule has 150 valence electrons. The Morgan fingerprint density at radius 3 is 2.52 bits per heavy atom. The fourth-order valence-corrected chi connectivity index (χ4v) is 4.70. The van der Waals surface area contributed by atoms with Crippen molar-refractivity contribution in [2.45, 2.75) is 40.2 Å². The molecule has 0 aliphatic carbocycles. The molecule has 0 aliphatic rings. The Balaban J connectivity index is 0.00000240. The summed E-state index contributed by atoms with van der Waals surface area (Å²) in [5.41, 5.74) is 2.94. The number of nitrogens with one attached hydrogen (secondary N) is 1. The molecule has 0 spiro atoms. The van der Waals surface area contributed by atoms with Gasteiger partial charge in [0.25, 0.3) is 0 Å². The molecule has 0 unspecified atom stereocenters. The normalized spacial score (nSPS) is 11.1. The largest absolute Gasteiger partial charge is 0.365 e. The molecule has 4 aromatic heterocycles. The molecule has 4 heterocycles. The summed E-state index contributed by atoms with van der Waals surface area (Å²) in [5, 5.41) is 3.66. The molecule has 0 aliphatic heterocycles. The van der Waals surface area contributed by atoms with E-state index in [1.54, 1.807) is 28.9 Å². The van der Waals surface area contributed by atoms with Crippen LogP contribution in [0.25, 0.3) is 15.5 Å². The van der Waals surface area contributed by atoms with Crippen LogP contribution in [0.5, 0.6) is 0 Å². The molecule has 0 aromatic carbocycles. The van der Waals surface area contributed by atoms with E-state index < -0.39 is 0 Å². The average molecular weight is 443 g/mol. The van der Waals surface area contributed by atoms with E-state index in [-0.39, 0.29) is 17.9 Å². The predicted molar refractivity (Wildman–Crippen MR) is 127 cm³/mol. The number of aromatic nitrogens is 3. The molecule has 0 fully saturated rings. The number of nitrogens with zero attached hydrogens (tertiary/aromatic N) is 3. The number of rotatable bonds is 2. The van der Waals surface area contributed by atoms with Crippen LogP contribution in [-0.2, 0) is 0 Å². The second-order valence-corrected chi connectivity index (χ2v) is 9.94. The van der Waals surface area contributed by atoms with Gasteiger partial charge in [0.05, 0.1) is 9.75 Å². The zero-order valence-electron chi connectivity index (χ0n) is 17.0. The third-order valence-corrected chi connectivity index (χ3v) is 6.31. The van der Waals surface area contributed by atoms with Gasteiger partial charge in [0.15, 0.2) is 4.96 Å². The molecule has 0 saturated heterocycles. The smallest absolute Gasteiger partial charge is 0.196 e. The molecule has 4 aromatic rings. The summed E-state index contributed by atoms with van der Waals surface area (Å²) in [5.74, 6) is 7.40. The maximum absolute atomic E-state index is 4.95. The van der Waals surface area contributed by atoms with Crippen LogP contribution in [0.2, 0.25) is 0 Å². The van der Waals surface area contributed by atoms with Crippen molar-refractivity contribution < 1.29 is 0 Å². The Kier molecular flexibility index (Phi) is 6.04. The Morgan fingerprint density at radius 2 is 1.83 bits per heavy atom. The van der Waals surface area contributed by atoms with Crippen molar-refractivity contribution in [2.75, 3.05) is 5.32 Å². The molecule has 4 nitrogen and oxygen atoms in total. The quantitative estimate of drug-likeness (QED) is 0.377. The minimum Gasteiger partial charge on any atom is -0.365 e. The van der Waals surface area contributed by atoms with E-state index in [9.17, 15) is 0 Å². The highest BCUT2D eigenvalue weighted by Gasteiger charge is 2.23. The first kappa shape index (κ1) is 21.4. The van der Waals surface area contributed by atoms with E-state index in [1.807, 2.05) is 18.2 Å². The highest BCUT2D eigenvalue weighted by atomic mass is 35.5. The number of anilines is 1. The van der Waals surface area contributed by atoms with Crippen LogP contribution in [-0.4, -0.2) is 19.9 Å². The van der Waals surface area contributed by atoms with Gasteiger partial charge in [0.2, 0.25) is 0 Å². The minimum atomic E-state index is -0.0636. The molecule has 0 saturated carbocycles. The zero-order chi connectivity index (χ0) is 19.9. The lowest BCUT2D eigenvalue weighted by Gasteiger charge is -2.22. The topological polar surface area (TPSA) is 42.2 Å². The number of thiophene rings is 1. The summed E-state index contributed by atoms with van der Waals surface area (Å²) in [6.45, 7) is 10.8. The maximum Gasteiger partial charge on any atom is 0.196 e. The summed E-state index contributed by atoms with van der Waals surface area (Å²) in [4.78, 5) is 13.6. The number of pyridine rings is 1. The summed E-state index contributed by atoms with van der Waals surface area (Å²) >= 11 is 3.39.